The number of carbonyl (C=O) groups excluding carboxylic acids is 1. The smallest absolute Gasteiger partial charge is 0.331 e. The first-order valence-electron chi connectivity index (χ1n) is 5.05. The fourth-order valence-electron chi connectivity index (χ4n) is 1.56. The Labute approximate surface area is 84.9 Å². The van der Waals surface area contributed by atoms with Crippen molar-refractivity contribution < 1.29 is 9.53 Å². The van der Waals surface area contributed by atoms with Crippen LogP contribution >= 0.6 is 0 Å². The molecule has 1 heterocycles. The fraction of sp³-hybridized carbons (Fsp3) is 0.700. The number of nitrogens with zero attached hydrogens (tertiary/aromatic N) is 1. The van der Waals surface area contributed by atoms with Crippen molar-refractivity contribution in [2.24, 2.45) is 0 Å². The Morgan fingerprint density at radius 3 is 3.21 bits per heavy atom. The van der Waals surface area contributed by atoms with Crippen molar-refractivity contribution in [1.82, 2.24) is 10.2 Å². The van der Waals surface area contributed by atoms with Gasteiger partial charge in [0.1, 0.15) is 0 Å². The first kappa shape index (κ1) is 11.2. The highest BCUT2D eigenvalue weighted by Gasteiger charge is 2.23. The minimum Gasteiger partial charge on any atom is -0.442 e. The molecular weight excluding hydrogens is 180 g/mol. The van der Waals surface area contributed by atoms with Gasteiger partial charge in [0, 0.05) is 32.3 Å². The molecule has 0 aromatic heterocycles. The molecule has 0 saturated carbocycles. The number of hydrogen-bond acceptors (Lipinski definition) is 4. The lowest BCUT2D eigenvalue weighted by Crippen LogP contribution is -2.53. The summed E-state index contributed by atoms with van der Waals surface area (Å²) in [5.41, 5.74) is 0. The molecule has 80 valence electrons. The van der Waals surface area contributed by atoms with Crippen molar-refractivity contribution in [1.29, 1.82) is 0 Å². The number of hydrogen-bond donors (Lipinski definition) is 1. The lowest BCUT2D eigenvalue weighted by Gasteiger charge is -2.34. The number of carbonyl (C=O) groups is 1. The van der Waals surface area contributed by atoms with Gasteiger partial charge in [-0.3, -0.25) is 4.90 Å². The molecule has 0 spiro atoms. The van der Waals surface area contributed by atoms with E-state index in [0.717, 1.165) is 26.1 Å². The molecular formula is C10H18N2O2. The van der Waals surface area contributed by atoms with Crippen LogP contribution in [0.25, 0.3) is 0 Å². The molecule has 1 aliphatic rings. The van der Waals surface area contributed by atoms with Crippen LogP contribution in [0.2, 0.25) is 0 Å². The van der Waals surface area contributed by atoms with E-state index in [9.17, 15) is 4.79 Å². The molecule has 4 nitrogen and oxygen atoms in total. The molecule has 1 fully saturated rings. The first-order chi connectivity index (χ1) is 6.77. The molecule has 0 aliphatic carbocycles. The van der Waals surface area contributed by atoms with E-state index in [-0.39, 0.29) is 12.2 Å². The zero-order chi connectivity index (χ0) is 10.4. The maximum Gasteiger partial charge on any atom is 0.331 e. The second kappa shape index (κ2) is 5.78. The summed E-state index contributed by atoms with van der Waals surface area (Å²) in [7, 11) is 0. The van der Waals surface area contributed by atoms with E-state index in [1.54, 1.807) is 0 Å². The van der Waals surface area contributed by atoms with Crippen LogP contribution in [0.4, 0.5) is 0 Å². The van der Waals surface area contributed by atoms with E-state index in [1.807, 2.05) is 0 Å². The highest BCUT2D eigenvalue weighted by molar-refractivity contribution is 5.81. The largest absolute Gasteiger partial charge is 0.442 e. The maximum atomic E-state index is 11.0. The van der Waals surface area contributed by atoms with Gasteiger partial charge in [-0.05, 0) is 6.42 Å². The van der Waals surface area contributed by atoms with Crippen LogP contribution in [0, 0.1) is 0 Å². The van der Waals surface area contributed by atoms with Gasteiger partial charge in [-0.2, -0.15) is 0 Å². The Balaban J connectivity index is 2.44. The quantitative estimate of drug-likeness (QED) is 0.523. The second-order valence-corrected chi connectivity index (χ2v) is 3.34. The Morgan fingerprint density at radius 1 is 1.79 bits per heavy atom. The van der Waals surface area contributed by atoms with E-state index in [1.165, 1.54) is 6.08 Å². The highest BCUT2D eigenvalue weighted by atomic mass is 16.6. The summed E-state index contributed by atoms with van der Waals surface area (Å²) < 4.78 is 5.21. The van der Waals surface area contributed by atoms with Crippen molar-refractivity contribution >= 4 is 5.97 Å². The summed E-state index contributed by atoms with van der Waals surface area (Å²) in [6.45, 7) is 9.07. The molecule has 0 bridgehead atoms. The highest BCUT2D eigenvalue weighted by Crippen LogP contribution is 2.06. The normalized spacial score (nSPS) is 23.1. The van der Waals surface area contributed by atoms with Crippen molar-refractivity contribution in [3.63, 3.8) is 0 Å². The van der Waals surface area contributed by atoms with Gasteiger partial charge in [0.05, 0.1) is 0 Å². The molecule has 0 amide bonds. The van der Waals surface area contributed by atoms with Crippen LogP contribution < -0.4 is 5.32 Å². The number of rotatable bonds is 4. The van der Waals surface area contributed by atoms with Gasteiger partial charge in [0.15, 0.2) is 6.23 Å². The van der Waals surface area contributed by atoms with Crippen molar-refractivity contribution in [2.75, 3.05) is 26.2 Å². The van der Waals surface area contributed by atoms with Crippen LogP contribution in [0.3, 0.4) is 0 Å². The zero-order valence-corrected chi connectivity index (χ0v) is 8.66. The van der Waals surface area contributed by atoms with E-state index in [4.69, 9.17) is 4.74 Å². The lowest BCUT2D eigenvalue weighted by molar-refractivity contribution is -0.154. The Hall–Kier alpha value is -0.870. The van der Waals surface area contributed by atoms with E-state index < -0.39 is 0 Å². The minimum atomic E-state index is -0.347. The molecule has 0 radical (unpaired) electrons. The summed E-state index contributed by atoms with van der Waals surface area (Å²) >= 11 is 0. The second-order valence-electron chi connectivity index (χ2n) is 3.34. The van der Waals surface area contributed by atoms with Crippen molar-refractivity contribution in [2.45, 2.75) is 19.6 Å². The van der Waals surface area contributed by atoms with Gasteiger partial charge >= 0.3 is 5.97 Å². The van der Waals surface area contributed by atoms with Gasteiger partial charge in [-0.1, -0.05) is 13.5 Å². The van der Waals surface area contributed by atoms with Crippen molar-refractivity contribution in [3.8, 4) is 0 Å². The predicted molar refractivity (Wildman–Crippen MR) is 54.8 cm³/mol. The number of ether oxygens (including phenoxy) is 1. The monoisotopic (exact) mass is 198 g/mol. The van der Waals surface area contributed by atoms with Crippen LogP contribution in [0.5, 0.6) is 0 Å². The average Bonchev–Trinajstić information content (AvgIpc) is 2.21. The van der Waals surface area contributed by atoms with E-state index in [2.05, 4.69) is 23.7 Å². The fourth-order valence-corrected chi connectivity index (χ4v) is 1.56. The average molecular weight is 198 g/mol. The predicted octanol–water partition coefficient (Wildman–Crippen LogP) is 0.357. The molecule has 1 aliphatic heterocycles. The van der Waals surface area contributed by atoms with E-state index in [0.29, 0.717) is 6.54 Å². The molecule has 1 saturated heterocycles. The van der Waals surface area contributed by atoms with E-state index >= 15 is 0 Å². The maximum absolute atomic E-state index is 11.0. The van der Waals surface area contributed by atoms with Crippen LogP contribution in [-0.2, 0) is 9.53 Å². The third-order valence-electron chi connectivity index (χ3n) is 2.23. The Bertz CT molecular complexity index is 204. The standard InChI is InChI=1S/C10H18N2O2/c1-3-6-12-7-5-11-8-9(12)14-10(13)4-2/h4,9,11H,2-3,5-8H2,1H3. The van der Waals surface area contributed by atoms with Crippen LogP contribution in [0.1, 0.15) is 13.3 Å². The summed E-state index contributed by atoms with van der Waals surface area (Å²) in [5.74, 6) is -0.347. The van der Waals surface area contributed by atoms with Gasteiger partial charge in [0.25, 0.3) is 0 Å². The number of nitrogens with one attached hydrogen (secondary N) is 1. The summed E-state index contributed by atoms with van der Waals surface area (Å²) in [5, 5.41) is 3.20. The molecule has 4 heteroatoms. The SMILES string of the molecule is C=CC(=O)OC1CNCCN1CCC. The zero-order valence-electron chi connectivity index (χ0n) is 8.66. The third kappa shape index (κ3) is 3.12. The molecule has 0 aromatic rings. The van der Waals surface area contributed by atoms with Gasteiger partial charge in [-0.15, -0.1) is 0 Å². The third-order valence-corrected chi connectivity index (χ3v) is 2.23. The summed E-state index contributed by atoms with van der Waals surface area (Å²) in [6.07, 6.45) is 2.15. The molecule has 0 aromatic carbocycles. The summed E-state index contributed by atoms with van der Waals surface area (Å²) in [4.78, 5) is 13.2. The number of esters is 1. The topological polar surface area (TPSA) is 41.6 Å². The van der Waals surface area contributed by atoms with Gasteiger partial charge in [-0.25, -0.2) is 4.79 Å². The molecule has 1 unspecified atom stereocenters. The Morgan fingerprint density at radius 2 is 2.57 bits per heavy atom. The van der Waals surface area contributed by atoms with Crippen LogP contribution in [0.15, 0.2) is 12.7 Å². The lowest BCUT2D eigenvalue weighted by atomic mass is 10.3. The first-order valence-corrected chi connectivity index (χ1v) is 5.05. The molecule has 14 heavy (non-hydrogen) atoms. The van der Waals surface area contributed by atoms with Gasteiger partial charge < -0.3 is 10.1 Å². The Kier molecular flexibility index (Phi) is 4.62. The van der Waals surface area contributed by atoms with Crippen molar-refractivity contribution in [3.05, 3.63) is 12.7 Å². The minimum absolute atomic E-state index is 0.130. The molecule has 1 rings (SSSR count). The number of piperazine rings is 1. The molecule has 1 N–H and O–H groups in total. The van der Waals surface area contributed by atoms with Crippen LogP contribution in [-0.4, -0.2) is 43.3 Å². The van der Waals surface area contributed by atoms with Gasteiger partial charge in [0.2, 0.25) is 0 Å². The molecule has 1 atom stereocenters. The summed E-state index contributed by atoms with van der Waals surface area (Å²) in [6, 6.07) is 0.